The lowest BCUT2D eigenvalue weighted by Crippen LogP contribution is -2.30. The van der Waals surface area contributed by atoms with Gasteiger partial charge in [0, 0.05) is 18.1 Å². The molecule has 1 aromatic carbocycles. The Morgan fingerprint density at radius 2 is 2.04 bits per heavy atom. The number of anilines is 1. The van der Waals surface area contributed by atoms with Crippen LogP contribution in [0.3, 0.4) is 0 Å². The molecule has 3 heterocycles. The van der Waals surface area contributed by atoms with E-state index >= 15 is 0 Å². The van der Waals surface area contributed by atoms with Gasteiger partial charge >= 0.3 is 0 Å². The summed E-state index contributed by atoms with van der Waals surface area (Å²) in [5, 5.41) is 9.17. The average Bonchev–Trinajstić information content (AvgIpc) is 3.14. The molecular weight excluding hydrogens is 332 g/mol. The summed E-state index contributed by atoms with van der Waals surface area (Å²) in [5.41, 5.74) is 2.37. The number of ether oxygens (including phenoxy) is 1. The van der Waals surface area contributed by atoms with Gasteiger partial charge in [0.15, 0.2) is 0 Å². The van der Waals surface area contributed by atoms with Gasteiger partial charge in [0.25, 0.3) is 0 Å². The molecule has 1 N–H and O–H groups in total. The smallest absolute Gasteiger partial charge is 0.214 e. The number of nitrogens with one attached hydrogen (secondary N) is 1. The van der Waals surface area contributed by atoms with Gasteiger partial charge in [-0.1, -0.05) is 62.4 Å². The lowest BCUT2D eigenvalue weighted by atomic mass is 9.93. The minimum absolute atomic E-state index is 0.0463. The Kier molecular flexibility index (Phi) is 4.25. The molecule has 1 saturated heterocycles. The monoisotopic (exact) mass is 356 g/mol. The molecule has 1 aliphatic rings. The first-order valence-corrected chi connectivity index (χ1v) is 9.60. The predicted molar refractivity (Wildman–Crippen MR) is 101 cm³/mol. The van der Waals surface area contributed by atoms with Gasteiger partial charge in [-0.2, -0.15) is 0 Å². The molecule has 132 valence electrons. The van der Waals surface area contributed by atoms with E-state index in [1.165, 1.54) is 5.56 Å². The van der Waals surface area contributed by atoms with Gasteiger partial charge in [0.2, 0.25) is 10.1 Å². The number of benzene rings is 1. The number of aromatic nitrogens is 3. The molecule has 1 aliphatic heterocycles. The molecular formula is C19H24N4OS. The van der Waals surface area contributed by atoms with E-state index in [0.717, 1.165) is 35.2 Å². The molecule has 0 saturated carbocycles. The van der Waals surface area contributed by atoms with Crippen molar-refractivity contribution in [2.24, 2.45) is 0 Å². The van der Waals surface area contributed by atoms with Gasteiger partial charge in [0.1, 0.15) is 0 Å². The van der Waals surface area contributed by atoms with Crippen molar-refractivity contribution in [1.29, 1.82) is 0 Å². The van der Waals surface area contributed by atoms with Crippen molar-refractivity contribution in [2.75, 3.05) is 11.9 Å². The fraction of sp³-hybridized carbons (Fsp3) is 0.474. The zero-order valence-corrected chi connectivity index (χ0v) is 15.7. The van der Waals surface area contributed by atoms with Crippen molar-refractivity contribution in [3.63, 3.8) is 0 Å². The van der Waals surface area contributed by atoms with Crippen LogP contribution in [0.4, 0.5) is 5.13 Å². The van der Waals surface area contributed by atoms with Crippen LogP contribution >= 0.6 is 11.3 Å². The van der Waals surface area contributed by atoms with Crippen molar-refractivity contribution in [2.45, 2.75) is 51.2 Å². The fourth-order valence-electron chi connectivity index (χ4n) is 3.12. The van der Waals surface area contributed by atoms with E-state index in [4.69, 9.17) is 9.72 Å². The van der Waals surface area contributed by atoms with Gasteiger partial charge in [0.05, 0.1) is 18.0 Å². The highest BCUT2D eigenvalue weighted by atomic mass is 32.1. The summed E-state index contributed by atoms with van der Waals surface area (Å²) in [6.45, 7) is 7.28. The second-order valence-electron chi connectivity index (χ2n) is 7.65. The molecule has 0 spiro atoms. The maximum Gasteiger partial charge on any atom is 0.214 e. The van der Waals surface area contributed by atoms with Crippen molar-refractivity contribution < 1.29 is 4.74 Å². The molecule has 4 rings (SSSR count). The molecule has 3 aromatic rings. The van der Waals surface area contributed by atoms with Gasteiger partial charge in [-0.05, 0) is 18.4 Å². The average molecular weight is 356 g/mol. The summed E-state index contributed by atoms with van der Waals surface area (Å²) >= 11 is 1.61. The zero-order valence-electron chi connectivity index (χ0n) is 14.9. The van der Waals surface area contributed by atoms with Crippen LogP contribution in [0.2, 0.25) is 0 Å². The minimum atomic E-state index is 0.0463. The molecule has 0 radical (unpaired) electrons. The topological polar surface area (TPSA) is 51.5 Å². The van der Waals surface area contributed by atoms with Crippen LogP contribution in [0.1, 0.15) is 51.0 Å². The molecule has 5 nitrogen and oxygen atoms in total. The van der Waals surface area contributed by atoms with Crippen molar-refractivity contribution >= 4 is 21.4 Å². The lowest BCUT2D eigenvalue weighted by Gasteiger charge is -2.30. The number of imidazole rings is 1. The molecule has 0 amide bonds. The first-order valence-electron chi connectivity index (χ1n) is 8.79. The Balaban J connectivity index is 1.46. The van der Waals surface area contributed by atoms with Crippen LogP contribution in [0.15, 0.2) is 36.5 Å². The van der Waals surface area contributed by atoms with E-state index < -0.39 is 0 Å². The standard InChI is InChI=1S/C19H24N4OS/c1-19(2,3)16-12-23-18(21-16)25-17(22-23)20-14-9-10-24-15(11-14)13-7-5-4-6-8-13/h4-8,12,14-15H,9-11H2,1-3H3,(H,20,22). The summed E-state index contributed by atoms with van der Waals surface area (Å²) in [4.78, 5) is 5.66. The Morgan fingerprint density at radius 3 is 2.76 bits per heavy atom. The zero-order chi connectivity index (χ0) is 17.4. The van der Waals surface area contributed by atoms with Crippen LogP contribution in [0, 0.1) is 0 Å². The number of nitrogens with zero attached hydrogens (tertiary/aromatic N) is 3. The normalized spacial score (nSPS) is 21.6. The highest BCUT2D eigenvalue weighted by Gasteiger charge is 2.25. The van der Waals surface area contributed by atoms with Crippen molar-refractivity contribution in [3.05, 3.63) is 47.8 Å². The third-order valence-electron chi connectivity index (χ3n) is 4.59. The highest BCUT2D eigenvalue weighted by molar-refractivity contribution is 7.20. The van der Waals surface area contributed by atoms with E-state index in [1.54, 1.807) is 11.3 Å². The minimum Gasteiger partial charge on any atom is -0.373 e. The molecule has 1 fully saturated rings. The largest absolute Gasteiger partial charge is 0.373 e. The maximum absolute atomic E-state index is 5.95. The Bertz CT molecular complexity index is 818. The van der Waals surface area contributed by atoms with Gasteiger partial charge in [-0.25, -0.2) is 9.50 Å². The Hall–Kier alpha value is -1.92. The highest BCUT2D eigenvalue weighted by Crippen LogP contribution is 2.31. The summed E-state index contributed by atoms with van der Waals surface area (Å²) in [5.74, 6) is 0. The third kappa shape index (κ3) is 3.55. The molecule has 0 aliphatic carbocycles. The summed E-state index contributed by atoms with van der Waals surface area (Å²) in [6, 6.07) is 10.8. The Morgan fingerprint density at radius 1 is 1.24 bits per heavy atom. The van der Waals surface area contributed by atoms with Crippen LogP contribution in [-0.2, 0) is 10.2 Å². The first-order chi connectivity index (χ1) is 12.0. The van der Waals surface area contributed by atoms with E-state index in [-0.39, 0.29) is 11.5 Å². The fourth-order valence-corrected chi connectivity index (χ4v) is 3.98. The summed E-state index contributed by atoms with van der Waals surface area (Å²) in [6.07, 6.45) is 4.15. The second-order valence-corrected chi connectivity index (χ2v) is 8.60. The number of fused-ring (bicyclic) bond motifs is 1. The van der Waals surface area contributed by atoms with E-state index in [9.17, 15) is 0 Å². The van der Waals surface area contributed by atoms with Crippen LogP contribution in [0.5, 0.6) is 0 Å². The molecule has 0 bridgehead atoms. The molecule has 2 atom stereocenters. The summed E-state index contributed by atoms with van der Waals surface area (Å²) < 4.78 is 7.84. The van der Waals surface area contributed by atoms with Crippen molar-refractivity contribution in [3.8, 4) is 0 Å². The molecule has 25 heavy (non-hydrogen) atoms. The predicted octanol–water partition coefficient (Wildman–Crippen LogP) is 4.42. The Labute approximate surface area is 152 Å². The summed E-state index contributed by atoms with van der Waals surface area (Å²) in [7, 11) is 0. The van der Waals surface area contributed by atoms with E-state index in [0.29, 0.717) is 6.04 Å². The van der Waals surface area contributed by atoms with Crippen molar-refractivity contribution in [1.82, 2.24) is 14.6 Å². The SMILES string of the molecule is CC(C)(C)c1cn2nc(NC3CCOC(c4ccccc4)C3)sc2n1. The molecule has 2 unspecified atom stereocenters. The lowest BCUT2D eigenvalue weighted by molar-refractivity contribution is 0.00978. The molecule has 2 aromatic heterocycles. The third-order valence-corrected chi connectivity index (χ3v) is 5.45. The maximum atomic E-state index is 5.95. The van der Waals surface area contributed by atoms with Gasteiger partial charge in [-0.15, -0.1) is 5.10 Å². The quantitative estimate of drug-likeness (QED) is 0.755. The first kappa shape index (κ1) is 16.5. The number of rotatable bonds is 3. The van der Waals surface area contributed by atoms with Gasteiger partial charge < -0.3 is 10.1 Å². The van der Waals surface area contributed by atoms with Crippen LogP contribution < -0.4 is 5.32 Å². The second kappa shape index (κ2) is 6.42. The van der Waals surface area contributed by atoms with Crippen LogP contribution in [0.25, 0.3) is 4.96 Å². The van der Waals surface area contributed by atoms with E-state index in [1.807, 2.05) is 16.8 Å². The van der Waals surface area contributed by atoms with E-state index in [2.05, 4.69) is 55.5 Å². The number of hydrogen-bond acceptors (Lipinski definition) is 5. The number of hydrogen-bond donors (Lipinski definition) is 1. The van der Waals surface area contributed by atoms with Crippen LogP contribution in [-0.4, -0.2) is 27.2 Å². The molecule has 6 heteroatoms. The van der Waals surface area contributed by atoms with Gasteiger partial charge in [-0.3, -0.25) is 0 Å².